The standard InChI is InChI=1S/C26H35N3O4S/c1-7-33-26(32)22-19(6)23(24(31)27-20-9-8-15(2)11-18(20)5)34-25(22)28-21(30)14-29-12-16(3)10-17(4)13-29/h8-9,11,16-17H,7,10,12-14H2,1-6H3,(H,27,31)(H,28,30). The summed E-state index contributed by atoms with van der Waals surface area (Å²) in [7, 11) is 0. The van der Waals surface area contributed by atoms with Crippen LogP contribution in [0.15, 0.2) is 18.2 Å². The van der Waals surface area contributed by atoms with E-state index in [4.69, 9.17) is 4.74 Å². The average Bonchev–Trinajstić information content (AvgIpc) is 3.05. The van der Waals surface area contributed by atoms with Crippen LogP contribution < -0.4 is 10.6 Å². The van der Waals surface area contributed by atoms with Crippen LogP contribution >= 0.6 is 11.3 Å². The maximum absolute atomic E-state index is 13.1. The third kappa shape index (κ3) is 6.24. The third-order valence-corrected chi connectivity index (χ3v) is 7.23. The Kier molecular flexibility index (Phi) is 8.49. The van der Waals surface area contributed by atoms with Gasteiger partial charge in [-0.2, -0.15) is 0 Å². The van der Waals surface area contributed by atoms with E-state index in [2.05, 4.69) is 29.4 Å². The zero-order valence-electron chi connectivity index (χ0n) is 20.9. The van der Waals surface area contributed by atoms with Crippen LogP contribution in [0.4, 0.5) is 10.7 Å². The van der Waals surface area contributed by atoms with E-state index in [1.807, 2.05) is 32.0 Å². The number of esters is 1. The summed E-state index contributed by atoms with van der Waals surface area (Å²) in [6, 6.07) is 5.79. The number of carbonyl (C=O) groups is 3. The lowest BCUT2D eigenvalue weighted by molar-refractivity contribution is -0.117. The van der Waals surface area contributed by atoms with Crippen LogP contribution in [0, 0.1) is 32.6 Å². The Labute approximate surface area is 205 Å². The Morgan fingerprint density at radius 1 is 1.09 bits per heavy atom. The summed E-state index contributed by atoms with van der Waals surface area (Å²) in [4.78, 5) is 41.2. The van der Waals surface area contributed by atoms with Crippen molar-refractivity contribution in [2.45, 2.75) is 48.0 Å². The highest BCUT2D eigenvalue weighted by Gasteiger charge is 2.28. The summed E-state index contributed by atoms with van der Waals surface area (Å²) in [5, 5.41) is 6.17. The highest BCUT2D eigenvalue weighted by Crippen LogP contribution is 2.35. The molecular formula is C26H35N3O4S. The number of piperidine rings is 1. The van der Waals surface area contributed by atoms with Crippen molar-refractivity contribution >= 4 is 39.8 Å². The van der Waals surface area contributed by atoms with Crippen molar-refractivity contribution in [3.8, 4) is 0 Å². The van der Waals surface area contributed by atoms with E-state index in [9.17, 15) is 14.4 Å². The quantitative estimate of drug-likeness (QED) is 0.538. The molecule has 2 N–H and O–H groups in total. The number of hydrogen-bond acceptors (Lipinski definition) is 6. The van der Waals surface area contributed by atoms with Gasteiger partial charge in [0.1, 0.15) is 5.00 Å². The molecule has 34 heavy (non-hydrogen) atoms. The molecule has 0 saturated carbocycles. The van der Waals surface area contributed by atoms with E-state index < -0.39 is 5.97 Å². The van der Waals surface area contributed by atoms with Gasteiger partial charge >= 0.3 is 5.97 Å². The van der Waals surface area contributed by atoms with Crippen LogP contribution in [0.1, 0.15) is 63.9 Å². The number of ether oxygens (including phenoxy) is 1. The molecule has 0 bridgehead atoms. The minimum Gasteiger partial charge on any atom is -0.462 e. The highest BCUT2D eigenvalue weighted by atomic mass is 32.1. The Balaban J connectivity index is 1.83. The molecule has 8 heteroatoms. The molecule has 0 aliphatic carbocycles. The van der Waals surface area contributed by atoms with Gasteiger partial charge in [0.25, 0.3) is 5.91 Å². The number of amides is 2. The number of nitrogens with zero attached hydrogens (tertiary/aromatic N) is 1. The second-order valence-corrected chi connectivity index (χ2v) is 10.5. The van der Waals surface area contributed by atoms with Crippen LogP contribution in [0.3, 0.4) is 0 Å². The first kappa shape index (κ1) is 25.9. The largest absolute Gasteiger partial charge is 0.462 e. The van der Waals surface area contributed by atoms with Crippen molar-refractivity contribution in [1.82, 2.24) is 4.90 Å². The fourth-order valence-corrected chi connectivity index (χ4v) is 5.80. The molecule has 2 amide bonds. The lowest BCUT2D eigenvalue weighted by Crippen LogP contribution is -2.42. The van der Waals surface area contributed by atoms with Crippen molar-refractivity contribution in [1.29, 1.82) is 0 Å². The average molecular weight is 486 g/mol. The Morgan fingerprint density at radius 2 is 1.76 bits per heavy atom. The topological polar surface area (TPSA) is 87.7 Å². The highest BCUT2D eigenvalue weighted by molar-refractivity contribution is 7.19. The predicted molar refractivity (Wildman–Crippen MR) is 137 cm³/mol. The van der Waals surface area contributed by atoms with Crippen LogP contribution in [-0.4, -0.2) is 48.9 Å². The second-order valence-electron chi connectivity index (χ2n) is 9.44. The maximum Gasteiger partial charge on any atom is 0.341 e. The van der Waals surface area contributed by atoms with Gasteiger partial charge in [0.15, 0.2) is 0 Å². The maximum atomic E-state index is 13.1. The molecule has 184 valence electrons. The fraction of sp³-hybridized carbons (Fsp3) is 0.500. The molecule has 1 aromatic carbocycles. The minimum absolute atomic E-state index is 0.200. The minimum atomic E-state index is -0.544. The second kappa shape index (κ2) is 11.1. The molecule has 1 aliphatic heterocycles. The van der Waals surface area contributed by atoms with Gasteiger partial charge in [0.2, 0.25) is 5.91 Å². The summed E-state index contributed by atoms with van der Waals surface area (Å²) >= 11 is 1.10. The van der Waals surface area contributed by atoms with E-state index in [1.165, 1.54) is 0 Å². The van der Waals surface area contributed by atoms with E-state index in [1.54, 1.807) is 13.8 Å². The first-order valence-electron chi connectivity index (χ1n) is 11.8. The van der Waals surface area contributed by atoms with Crippen molar-refractivity contribution in [2.24, 2.45) is 11.8 Å². The van der Waals surface area contributed by atoms with Crippen LogP contribution in [-0.2, 0) is 9.53 Å². The predicted octanol–water partition coefficient (Wildman–Crippen LogP) is 5.02. The number of hydrogen-bond donors (Lipinski definition) is 2. The van der Waals surface area contributed by atoms with Crippen molar-refractivity contribution < 1.29 is 19.1 Å². The number of benzene rings is 1. The molecule has 3 rings (SSSR count). The van der Waals surface area contributed by atoms with Crippen molar-refractivity contribution in [3.63, 3.8) is 0 Å². The van der Waals surface area contributed by atoms with E-state index >= 15 is 0 Å². The number of aryl methyl sites for hydroxylation is 2. The molecule has 1 aliphatic rings. The van der Waals surface area contributed by atoms with E-state index in [0.29, 0.717) is 33.0 Å². The molecule has 2 heterocycles. The number of carbonyl (C=O) groups excluding carboxylic acids is 3. The number of thiophene rings is 1. The number of nitrogens with one attached hydrogen (secondary N) is 2. The molecule has 2 unspecified atom stereocenters. The lowest BCUT2D eigenvalue weighted by atomic mass is 9.92. The van der Waals surface area contributed by atoms with Crippen LogP contribution in [0.25, 0.3) is 0 Å². The summed E-state index contributed by atoms with van der Waals surface area (Å²) in [5.74, 6) is 0.0123. The smallest absolute Gasteiger partial charge is 0.341 e. The van der Waals surface area contributed by atoms with Gasteiger partial charge in [-0.15, -0.1) is 11.3 Å². The fourth-order valence-electron chi connectivity index (χ4n) is 4.69. The van der Waals surface area contributed by atoms with Gasteiger partial charge in [-0.1, -0.05) is 31.5 Å². The first-order valence-corrected chi connectivity index (χ1v) is 12.6. The Morgan fingerprint density at radius 3 is 2.38 bits per heavy atom. The third-order valence-electron chi connectivity index (χ3n) is 6.03. The van der Waals surface area contributed by atoms with E-state index in [0.717, 1.165) is 42.0 Å². The summed E-state index contributed by atoms with van der Waals surface area (Å²) in [6.07, 6.45) is 1.16. The van der Waals surface area contributed by atoms with E-state index in [-0.39, 0.29) is 30.5 Å². The molecular weight excluding hydrogens is 450 g/mol. The molecule has 1 saturated heterocycles. The molecule has 7 nitrogen and oxygen atoms in total. The SMILES string of the molecule is CCOC(=O)c1c(NC(=O)CN2CC(C)CC(C)C2)sc(C(=O)Nc2ccc(C)cc2C)c1C. The summed E-state index contributed by atoms with van der Waals surface area (Å²) < 4.78 is 5.23. The molecule has 1 fully saturated rings. The van der Waals surface area contributed by atoms with Gasteiger partial charge in [0.05, 0.1) is 23.6 Å². The Hall–Kier alpha value is -2.71. The van der Waals surface area contributed by atoms with Gasteiger partial charge in [-0.25, -0.2) is 4.79 Å². The monoisotopic (exact) mass is 485 g/mol. The zero-order valence-corrected chi connectivity index (χ0v) is 21.7. The first-order chi connectivity index (χ1) is 16.1. The molecule has 0 radical (unpaired) electrons. The van der Waals surface area contributed by atoms with Crippen molar-refractivity contribution in [3.05, 3.63) is 45.3 Å². The molecule has 2 aromatic rings. The van der Waals surface area contributed by atoms with Crippen molar-refractivity contribution in [2.75, 3.05) is 36.9 Å². The lowest BCUT2D eigenvalue weighted by Gasteiger charge is -2.34. The van der Waals surface area contributed by atoms with Gasteiger partial charge < -0.3 is 15.4 Å². The molecule has 0 spiro atoms. The summed E-state index contributed by atoms with van der Waals surface area (Å²) in [5.41, 5.74) is 3.51. The molecule has 1 aromatic heterocycles. The van der Waals surface area contributed by atoms with Crippen LogP contribution in [0.5, 0.6) is 0 Å². The van der Waals surface area contributed by atoms with Gasteiger partial charge in [-0.3, -0.25) is 14.5 Å². The summed E-state index contributed by atoms with van der Waals surface area (Å²) in [6.45, 7) is 14.0. The van der Waals surface area contributed by atoms with Crippen LogP contribution in [0.2, 0.25) is 0 Å². The normalized spacial score (nSPS) is 18.4. The number of anilines is 2. The van der Waals surface area contributed by atoms with Gasteiger partial charge in [0, 0.05) is 18.8 Å². The zero-order chi connectivity index (χ0) is 25.0. The molecule has 2 atom stereocenters. The Bertz CT molecular complexity index is 1070. The van der Waals surface area contributed by atoms with Gasteiger partial charge in [-0.05, 0) is 63.1 Å². The number of rotatable bonds is 7. The number of likely N-dealkylation sites (tertiary alicyclic amines) is 1.